The summed E-state index contributed by atoms with van der Waals surface area (Å²) in [7, 11) is 3.16. The zero-order valence-electron chi connectivity index (χ0n) is 11.8. The van der Waals surface area contributed by atoms with Crippen LogP contribution in [0.15, 0.2) is 10.5 Å². The van der Waals surface area contributed by atoms with Crippen LogP contribution >= 0.6 is 15.9 Å². The smallest absolute Gasteiger partial charge is 0.304 e. The molecule has 0 atom stereocenters. The van der Waals surface area contributed by atoms with Gasteiger partial charge in [-0.3, -0.25) is 4.79 Å². The lowest BCUT2D eigenvalue weighted by Crippen LogP contribution is -2.23. The Morgan fingerprint density at radius 3 is 2.26 bits per heavy atom. The standard InChI is InChI=1S/C14H19BrO4/c1-8-6-9(14(2,3)7-10(16)17)13(19-5)11(15)12(8)18-4/h6H,7H2,1-5H3,(H,16,17). The Kier molecular flexibility index (Phi) is 4.85. The number of carboxylic acid groups (broad SMARTS) is 1. The maximum Gasteiger partial charge on any atom is 0.304 e. The SMILES string of the molecule is COc1c(C)cc(C(C)(C)CC(=O)O)c(OC)c1Br. The van der Waals surface area contributed by atoms with E-state index in [4.69, 9.17) is 14.6 Å². The minimum absolute atomic E-state index is 0.0293. The molecule has 0 aliphatic rings. The fraction of sp³-hybridized carbons (Fsp3) is 0.500. The quantitative estimate of drug-likeness (QED) is 0.897. The number of benzene rings is 1. The van der Waals surface area contributed by atoms with Crippen molar-refractivity contribution in [2.75, 3.05) is 14.2 Å². The van der Waals surface area contributed by atoms with Gasteiger partial charge >= 0.3 is 5.97 Å². The van der Waals surface area contributed by atoms with Crippen LogP contribution in [0, 0.1) is 6.92 Å². The Morgan fingerprint density at radius 2 is 1.84 bits per heavy atom. The van der Waals surface area contributed by atoms with Crippen LogP contribution in [-0.4, -0.2) is 25.3 Å². The minimum atomic E-state index is -0.836. The van der Waals surface area contributed by atoms with Gasteiger partial charge in [0.15, 0.2) is 0 Å². The van der Waals surface area contributed by atoms with Crippen LogP contribution in [0.4, 0.5) is 0 Å². The number of aryl methyl sites for hydroxylation is 1. The van der Waals surface area contributed by atoms with E-state index in [2.05, 4.69) is 15.9 Å². The number of methoxy groups -OCH3 is 2. The molecule has 0 unspecified atom stereocenters. The number of halogens is 1. The summed E-state index contributed by atoms with van der Waals surface area (Å²) in [5.41, 5.74) is 1.25. The number of aliphatic carboxylic acids is 1. The van der Waals surface area contributed by atoms with Gasteiger partial charge in [-0.15, -0.1) is 0 Å². The first-order valence-electron chi connectivity index (χ1n) is 5.88. The molecule has 1 aromatic rings. The molecule has 0 spiro atoms. The van der Waals surface area contributed by atoms with Gasteiger partial charge in [0.05, 0.1) is 20.6 Å². The normalized spacial score (nSPS) is 11.3. The molecule has 0 saturated carbocycles. The van der Waals surface area contributed by atoms with Gasteiger partial charge in [-0.25, -0.2) is 0 Å². The lowest BCUT2D eigenvalue weighted by atomic mass is 9.80. The van der Waals surface area contributed by atoms with E-state index < -0.39 is 11.4 Å². The molecule has 0 aromatic heterocycles. The van der Waals surface area contributed by atoms with Gasteiger partial charge in [-0.05, 0) is 34.5 Å². The van der Waals surface area contributed by atoms with Crippen LogP contribution in [-0.2, 0) is 10.2 Å². The van der Waals surface area contributed by atoms with Gasteiger partial charge in [0, 0.05) is 11.0 Å². The lowest BCUT2D eigenvalue weighted by molar-refractivity contribution is -0.138. The van der Waals surface area contributed by atoms with Crippen LogP contribution < -0.4 is 9.47 Å². The third-order valence-electron chi connectivity index (χ3n) is 3.09. The van der Waals surface area contributed by atoms with Gasteiger partial charge in [0.1, 0.15) is 16.0 Å². The third-order valence-corrected chi connectivity index (χ3v) is 3.81. The monoisotopic (exact) mass is 330 g/mol. The summed E-state index contributed by atoms with van der Waals surface area (Å²) < 4.78 is 11.5. The Bertz CT molecular complexity index is 495. The average Bonchev–Trinajstić information content (AvgIpc) is 2.27. The maximum absolute atomic E-state index is 11.0. The molecule has 4 nitrogen and oxygen atoms in total. The highest BCUT2D eigenvalue weighted by Crippen LogP contribution is 2.45. The second-order valence-corrected chi connectivity index (χ2v) is 5.87. The van der Waals surface area contributed by atoms with Crippen molar-refractivity contribution in [2.24, 2.45) is 0 Å². The van der Waals surface area contributed by atoms with E-state index in [9.17, 15) is 4.79 Å². The van der Waals surface area contributed by atoms with Gasteiger partial charge in [0.25, 0.3) is 0 Å². The summed E-state index contributed by atoms with van der Waals surface area (Å²) in [4.78, 5) is 11.0. The zero-order chi connectivity index (χ0) is 14.8. The molecular formula is C14H19BrO4. The van der Waals surface area contributed by atoms with Crippen molar-refractivity contribution in [3.63, 3.8) is 0 Å². The highest BCUT2D eigenvalue weighted by Gasteiger charge is 2.30. The molecule has 0 aliphatic heterocycles. The zero-order valence-corrected chi connectivity index (χ0v) is 13.4. The maximum atomic E-state index is 11.0. The number of rotatable bonds is 5. The predicted molar refractivity (Wildman–Crippen MR) is 77.3 cm³/mol. The van der Waals surface area contributed by atoms with Crippen molar-refractivity contribution in [3.05, 3.63) is 21.7 Å². The van der Waals surface area contributed by atoms with E-state index in [0.717, 1.165) is 11.1 Å². The molecule has 1 rings (SSSR count). The van der Waals surface area contributed by atoms with E-state index in [1.807, 2.05) is 26.8 Å². The molecular weight excluding hydrogens is 312 g/mol. The van der Waals surface area contributed by atoms with Crippen LogP contribution in [0.2, 0.25) is 0 Å². The van der Waals surface area contributed by atoms with E-state index in [-0.39, 0.29) is 6.42 Å². The van der Waals surface area contributed by atoms with Crippen LogP contribution in [0.5, 0.6) is 11.5 Å². The highest BCUT2D eigenvalue weighted by molar-refractivity contribution is 9.10. The van der Waals surface area contributed by atoms with E-state index >= 15 is 0 Å². The second-order valence-electron chi connectivity index (χ2n) is 5.08. The Balaban J connectivity index is 3.47. The average molecular weight is 331 g/mol. The number of carboxylic acids is 1. The van der Waals surface area contributed by atoms with E-state index in [1.165, 1.54) is 0 Å². The third kappa shape index (κ3) is 3.21. The first-order chi connectivity index (χ1) is 8.74. The van der Waals surface area contributed by atoms with Crippen molar-refractivity contribution in [1.82, 2.24) is 0 Å². The first-order valence-corrected chi connectivity index (χ1v) is 6.67. The highest BCUT2D eigenvalue weighted by atomic mass is 79.9. The van der Waals surface area contributed by atoms with Crippen molar-refractivity contribution in [1.29, 1.82) is 0 Å². The molecule has 0 aliphatic carbocycles. The molecule has 1 N–H and O–H groups in total. The molecule has 19 heavy (non-hydrogen) atoms. The van der Waals surface area contributed by atoms with Crippen molar-refractivity contribution >= 4 is 21.9 Å². The molecule has 0 radical (unpaired) electrons. The van der Waals surface area contributed by atoms with Gasteiger partial charge in [0.2, 0.25) is 0 Å². The first kappa shape index (κ1) is 15.8. The molecule has 0 fully saturated rings. The molecule has 5 heteroatoms. The summed E-state index contributed by atoms with van der Waals surface area (Å²) >= 11 is 3.46. The molecule has 106 valence electrons. The molecule has 0 heterocycles. The minimum Gasteiger partial charge on any atom is -0.495 e. The fourth-order valence-corrected chi connectivity index (χ4v) is 3.02. The van der Waals surface area contributed by atoms with Gasteiger partial charge in [-0.2, -0.15) is 0 Å². The van der Waals surface area contributed by atoms with Crippen LogP contribution in [0.3, 0.4) is 0 Å². The van der Waals surface area contributed by atoms with Crippen molar-refractivity contribution in [3.8, 4) is 11.5 Å². The van der Waals surface area contributed by atoms with Crippen molar-refractivity contribution in [2.45, 2.75) is 32.6 Å². The summed E-state index contributed by atoms with van der Waals surface area (Å²) in [6.45, 7) is 5.69. The Labute approximate surface area is 121 Å². The number of hydrogen-bond acceptors (Lipinski definition) is 3. The van der Waals surface area contributed by atoms with E-state index in [1.54, 1.807) is 14.2 Å². The largest absolute Gasteiger partial charge is 0.495 e. The molecule has 0 amide bonds. The summed E-state index contributed by atoms with van der Waals surface area (Å²) in [5, 5.41) is 9.04. The van der Waals surface area contributed by atoms with Crippen LogP contribution in [0.1, 0.15) is 31.4 Å². The second kappa shape index (κ2) is 5.82. The molecule has 0 saturated heterocycles. The summed E-state index contributed by atoms with van der Waals surface area (Å²) in [6.07, 6.45) is 0.0293. The Hall–Kier alpha value is -1.23. The summed E-state index contributed by atoms with van der Waals surface area (Å²) in [5.74, 6) is 0.483. The number of ether oxygens (including phenoxy) is 2. The topological polar surface area (TPSA) is 55.8 Å². The number of hydrogen-bond donors (Lipinski definition) is 1. The fourth-order valence-electron chi connectivity index (χ4n) is 2.17. The van der Waals surface area contributed by atoms with Crippen molar-refractivity contribution < 1.29 is 19.4 Å². The molecule has 0 bridgehead atoms. The lowest BCUT2D eigenvalue weighted by Gasteiger charge is -2.27. The van der Waals surface area contributed by atoms with Gasteiger partial charge < -0.3 is 14.6 Å². The Morgan fingerprint density at radius 1 is 1.32 bits per heavy atom. The molecule has 1 aromatic carbocycles. The van der Waals surface area contributed by atoms with Gasteiger partial charge in [-0.1, -0.05) is 13.8 Å². The van der Waals surface area contributed by atoms with Crippen LogP contribution in [0.25, 0.3) is 0 Å². The predicted octanol–water partition coefficient (Wildman–Crippen LogP) is 3.53. The summed E-state index contributed by atoms with van der Waals surface area (Å²) in [6, 6.07) is 1.92. The van der Waals surface area contributed by atoms with E-state index in [0.29, 0.717) is 16.0 Å². The number of carbonyl (C=O) groups is 1.